The Morgan fingerprint density at radius 2 is 2.05 bits per heavy atom. The van der Waals surface area contributed by atoms with E-state index in [1.54, 1.807) is 0 Å². The summed E-state index contributed by atoms with van der Waals surface area (Å²) in [6.07, 6.45) is 1.00. The molecule has 0 radical (unpaired) electrons. The number of nitrogens with zero attached hydrogens (tertiary/aromatic N) is 1. The molecule has 0 aliphatic heterocycles. The highest BCUT2D eigenvalue weighted by atomic mass is 127. The fourth-order valence-electron chi connectivity index (χ4n) is 1.58. The Kier molecular flexibility index (Phi) is 10.6. The quantitative estimate of drug-likeness (QED) is 0.333. The molecule has 108 valence electrons. The summed E-state index contributed by atoms with van der Waals surface area (Å²) in [5.74, 6) is 0.508. The molecule has 0 aliphatic rings. The van der Waals surface area contributed by atoms with E-state index >= 15 is 0 Å². The van der Waals surface area contributed by atoms with Gasteiger partial charge in [-0.25, -0.2) is 0 Å². The van der Waals surface area contributed by atoms with Gasteiger partial charge in [-0.1, -0.05) is 30.3 Å². The average molecular weight is 377 g/mol. The lowest BCUT2D eigenvalue weighted by Crippen LogP contribution is -2.31. The number of aliphatic imine (C=N–C) groups is 1. The zero-order chi connectivity index (χ0) is 13.2. The first-order chi connectivity index (χ1) is 8.74. The summed E-state index contributed by atoms with van der Waals surface area (Å²) in [7, 11) is 0. The van der Waals surface area contributed by atoms with Crippen LogP contribution in [0.4, 0.5) is 0 Å². The van der Waals surface area contributed by atoms with Gasteiger partial charge in [0.1, 0.15) is 0 Å². The van der Waals surface area contributed by atoms with Crippen molar-refractivity contribution in [1.82, 2.24) is 5.32 Å². The third-order valence-electron chi connectivity index (χ3n) is 2.58. The molecule has 0 saturated heterocycles. The molecular formula is C14H24IN3O. The summed E-state index contributed by atoms with van der Waals surface area (Å²) in [5.41, 5.74) is 6.82. The van der Waals surface area contributed by atoms with Crippen LogP contribution >= 0.6 is 24.0 Å². The number of halogens is 1. The standard InChI is InChI=1S/C14H23N3O.HI/c1-3-16-14(15)17-10-7-11-18-12(2)13-8-5-4-6-9-13;/h4-6,8-9,12H,3,7,10-11H2,1-2H3,(H3,15,16,17);1H. The van der Waals surface area contributed by atoms with E-state index in [0.29, 0.717) is 19.1 Å². The Labute approximate surface area is 132 Å². The maximum atomic E-state index is 5.74. The van der Waals surface area contributed by atoms with Crippen LogP contribution in [0.3, 0.4) is 0 Å². The van der Waals surface area contributed by atoms with E-state index < -0.39 is 0 Å². The number of nitrogens with one attached hydrogen (secondary N) is 1. The van der Waals surface area contributed by atoms with Gasteiger partial charge in [-0.15, -0.1) is 24.0 Å². The monoisotopic (exact) mass is 377 g/mol. The van der Waals surface area contributed by atoms with E-state index in [1.165, 1.54) is 5.56 Å². The van der Waals surface area contributed by atoms with Crippen LogP contribution in [0.2, 0.25) is 0 Å². The Morgan fingerprint density at radius 1 is 1.37 bits per heavy atom. The molecule has 1 aromatic carbocycles. The molecule has 4 nitrogen and oxygen atoms in total. The van der Waals surface area contributed by atoms with Crippen molar-refractivity contribution in [1.29, 1.82) is 0 Å². The highest BCUT2D eigenvalue weighted by Gasteiger charge is 2.03. The van der Waals surface area contributed by atoms with Gasteiger partial charge in [0.15, 0.2) is 5.96 Å². The number of nitrogens with two attached hydrogens (primary N) is 1. The summed E-state index contributed by atoms with van der Waals surface area (Å²) in [5, 5.41) is 2.96. The molecule has 19 heavy (non-hydrogen) atoms. The summed E-state index contributed by atoms with van der Waals surface area (Å²) in [6, 6.07) is 10.2. The molecule has 1 atom stereocenters. The first kappa shape index (κ1) is 18.2. The average Bonchev–Trinajstić information content (AvgIpc) is 2.39. The number of guanidine groups is 1. The van der Waals surface area contributed by atoms with Crippen molar-refractivity contribution in [3.05, 3.63) is 35.9 Å². The SMILES string of the molecule is CCNC(N)=NCCCOC(C)c1ccccc1.I. The largest absolute Gasteiger partial charge is 0.374 e. The Hall–Kier alpha value is -0.820. The van der Waals surface area contributed by atoms with Crippen molar-refractivity contribution in [2.24, 2.45) is 10.7 Å². The van der Waals surface area contributed by atoms with Crippen molar-refractivity contribution in [2.45, 2.75) is 26.4 Å². The summed E-state index contributed by atoms with van der Waals surface area (Å²) in [4.78, 5) is 4.19. The van der Waals surface area contributed by atoms with Crippen LogP contribution in [-0.2, 0) is 4.74 Å². The zero-order valence-electron chi connectivity index (χ0n) is 11.6. The second kappa shape index (κ2) is 11.0. The maximum Gasteiger partial charge on any atom is 0.188 e. The lowest BCUT2D eigenvalue weighted by atomic mass is 10.1. The number of rotatable bonds is 7. The van der Waals surface area contributed by atoms with Crippen LogP contribution in [0.5, 0.6) is 0 Å². The molecule has 3 N–H and O–H groups in total. The van der Waals surface area contributed by atoms with Crippen molar-refractivity contribution in [3.63, 3.8) is 0 Å². The minimum atomic E-state index is 0. The van der Waals surface area contributed by atoms with Crippen molar-refractivity contribution in [3.8, 4) is 0 Å². The van der Waals surface area contributed by atoms with E-state index in [1.807, 2.05) is 25.1 Å². The second-order valence-electron chi connectivity index (χ2n) is 4.07. The van der Waals surface area contributed by atoms with Gasteiger partial charge in [-0.3, -0.25) is 4.99 Å². The Balaban J connectivity index is 0.00000324. The van der Waals surface area contributed by atoms with Crippen LogP contribution in [0.1, 0.15) is 31.9 Å². The predicted molar refractivity (Wildman–Crippen MR) is 91.0 cm³/mol. The van der Waals surface area contributed by atoms with Gasteiger partial charge in [0.05, 0.1) is 6.10 Å². The lowest BCUT2D eigenvalue weighted by molar-refractivity contribution is 0.0652. The zero-order valence-corrected chi connectivity index (χ0v) is 14.0. The minimum Gasteiger partial charge on any atom is -0.374 e. The van der Waals surface area contributed by atoms with Crippen LogP contribution < -0.4 is 11.1 Å². The van der Waals surface area contributed by atoms with Gasteiger partial charge in [0.25, 0.3) is 0 Å². The van der Waals surface area contributed by atoms with Gasteiger partial charge in [0, 0.05) is 19.7 Å². The fourth-order valence-corrected chi connectivity index (χ4v) is 1.58. The van der Waals surface area contributed by atoms with E-state index in [-0.39, 0.29) is 30.1 Å². The number of ether oxygens (including phenoxy) is 1. The van der Waals surface area contributed by atoms with Crippen LogP contribution in [-0.4, -0.2) is 25.7 Å². The molecule has 0 aromatic heterocycles. The third-order valence-corrected chi connectivity index (χ3v) is 2.58. The van der Waals surface area contributed by atoms with Gasteiger partial charge >= 0.3 is 0 Å². The van der Waals surface area contributed by atoms with Gasteiger partial charge in [-0.05, 0) is 25.8 Å². The molecule has 0 aliphatic carbocycles. The van der Waals surface area contributed by atoms with Crippen molar-refractivity contribution in [2.75, 3.05) is 19.7 Å². The first-order valence-electron chi connectivity index (χ1n) is 6.44. The maximum absolute atomic E-state index is 5.74. The second-order valence-corrected chi connectivity index (χ2v) is 4.07. The summed E-state index contributed by atoms with van der Waals surface area (Å²) >= 11 is 0. The Morgan fingerprint density at radius 3 is 2.68 bits per heavy atom. The molecule has 0 fully saturated rings. The fraction of sp³-hybridized carbons (Fsp3) is 0.500. The molecule has 0 bridgehead atoms. The highest BCUT2D eigenvalue weighted by Crippen LogP contribution is 2.15. The molecule has 0 saturated carbocycles. The van der Waals surface area contributed by atoms with E-state index in [2.05, 4.69) is 29.4 Å². The smallest absolute Gasteiger partial charge is 0.188 e. The molecule has 1 unspecified atom stereocenters. The van der Waals surface area contributed by atoms with E-state index in [4.69, 9.17) is 10.5 Å². The lowest BCUT2D eigenvalue weighted by Gasteiger charge is -2.12. The van der Waals surface area contributed by atoms with E-state index in [9.17, 15) is 0 Å². The molecular weight excluding hydrogens is 353 g/mol. The molecule has 0 spiro atoms. The molecule has 1 aromatic rings. The van der Waals surface area contributed by atoms with Crippen molar-refractivity contribution < 1.29 is 4.74 Å². The molecule has 5 heteroatoms. The third kappa shape index (κ3) is 8.05. The summed E-state index contributed by atoms with van der Waals surface area (Å²) < 4.78 is 5.74. The molecule has 0 amide bonds. The minimum absolute atomic E-state index is 0. The summed E-state index contributed by atoms with van der Waals surface area (Å²) in [6.45, 7) is 6.24. The van der Waals surface area contributed by atoms with Gasteiger partial charge in [0.2, 0.25) is 0 Å². The van der Waals surface area contributed by atoms with Gasteiger partial charge in [-0.2, -0.15) is 0 Å². The molecule has 0 heterocycles. The first-order valence-corrected chi connectivity index (χ1v) is 6.44. The highest BCUT2D eigenvalue weighted by molar-refractivity contribution is 14.0. The van der Waals surface area contributed by atoms with E-state index in [0.717, 1.165) is 13.0 Å². The predicted octanol–water partition coefficient (Wildman–Crippen LogP) is 2.70. The normalized spacial score (nSPS) is 12.6. The number of hydrogen-bond acceptors (Lipinski definition) is 2. The van der Waals surface area contributed by atoms with Crippen molar-refractivity contribution >= 4 is 29.9 Å². The van der Waals surface area contributed by atoms with Crippen LogP contribution in [0.25, 0.3) is 0 Å². The topological polar surface area (TPSA) is 59.6 Å². The Bertz CT molecular complexity index is 357. The van der Waals surface area contributed by atoms with Crippen LogP contribution in [0.15, 0.2) is 35.3 Å². The number of hydrogen-bond donors (Lipinski definition) is 2. The van der Waals surface area contributed by atoms with Gasteiger partial charge < -0.3 is 15.8 Å². The van der Waals surface area contributed by atoms with Crippen LogP contribution in [0, 0.1) is 0 Å². The molecule has 1 rings (SSSR count). The number of benzene rings is 1.